The van der Waals surface area contributed by atoms with Crippen molar-refractivity contribution in [2.45, 2.75) is 37.1 Å². The molecule has 1 aliphatic rings. The lowest BCUT2D eigenvalue weighted by Gasteiger charge is -2.40. The zero-order chi connectivity index (χ0) is 25.4. The minimum Gasteiger partial charge on any atom is -0.497 e. The molecule has 8 heteroatoms. The summed E-state index contributed by atoms with van der Waals surface area (Å²) in [5.41, 5.74) is 4.61. The molecule has 0 saturated carbocycles. The normalized spacial score (nSPS) is 24.2. The van der Waals surface area contributed by atoms with Crippen molar-refractivity contribution in [3.8, 4) is 16.9 Å². The summed E-state index contributed by atoms with van der Waals surface area (Å²) in [7, 11) is 1.64. The van der Waals surface area contributed by atoms with Gasteiger partial charge in [-0.25, -0.2) is 0 Å². The summed E-state index contributed by atoms with van der Waals surface area (Å²) >= 11 is 6.59. The highest BCUT2D eigenvalue weighted by Crippen LogP contribution is 2.39. The van der Waals surface area contributed by atoms with Gasteiger partial charge in [0, 0.05) is 23.7 Å². The van der Waals surface area contributed by atoms with Gasteiger partial charge in [-0.1, -0.05) is 60.1 Å². The largest absolute Gasteiger partial charge is 0.497 e. The van der Waals surface area contributed by atoms with Gasteiger partial charge < -0.3 is 34.5 Å². The lowest BCUT2D eigenvalue weighted by atomic mass is 9.91. The van der Waals surface area contributed by atoms with E-state index >= 15 is 0 Å². The number of fused-ring (bicyclic) bond motifs is 1. The van der Waals surface area contributed by atoms with Gasteiger partial charge in [0.1, 0.15) is 36.3 Å². The number of halogens is 1. The molecule has 0 aliphatic carbocycles. The van der Waals surface area contributed by atoms with Crippen molar-refractivity contribution in [1.29, 1.82) is 0 Å². The number of para-hydroxylation sites is 1. The quantitative estimate of drug-likeness (QED) is 0.317. The second-order valence-electron chi connectivity index (χ2n) is 9.02. The first-order chi connectivity index (χ1) is 17.4. The Balaban J connectivity index is 1.47. The Morgan fingerprint density at radius 2 is 1.56 bits per heavy atom. The monoisotopic (exact) mass is 509 g/mol. The van der Waals surface area contributed by atoms with E-state index in [0.29, 0.717) is 17.1 Å². The van der Waals surface area contributed by atoms with Crippen molar-refractivity contribution in [1.82, 2.24) is 4.57 Å². The van der Waals surface area contributed by atoms with Crippen molar-refractivity contribution < 1.29 is 29.9 Å². The molecule has 0 bridgehead atoms. The van der Waals surface area contributed by atoms with Gasteiger partial charge in [0.05, 0.1) is 24.3 Å². The highest BCUT2D eigenvalue weighted by molar-refractivity contribution is 6.35. The van der Waals surface area contributed by atoms with Crippen molar-refractivity contribution >= 4 is 22.5 Å². The summed E-state index contributed by atoms with van der Waals surface area (Å²) in [6, 6.07) is 21.6. The second-order valence-corrected chi connectivity index (χ2v) is 9.43. The van der Waals surface area contributed by atoms with Crippen molar-refractivity contribution in [3.05, 3.63) is 89.1 Å². The van der Waals surface area contributed by atoms with E-state index in [-0.39, 0.29) is 0 Å². The van der Waals surface area contributed by atoms with Crippen LogP contribution in [0.2, 0.25) is 5.02 Å². The number of rotatable bonds is 6. The number of aliphatic hydroxyl groups is 4. The van der Waals surface area contributed by atoms with Crippen molar-refractivity contribution in [2.75, 3.05) is 13.7 Å². The SMILES string of the molecule is COc1ccc(-c2ccc(Cn3cc([C@@H]4O[C@H](CO)[C@@H](O)[C@H](O)[C@H]4O)c4cccc(Cl)c43)cc2)cc1. The highest BCUT2D eigenvalue weighted by atomic mass is 35.5. The van der Waals surface area contributed by atoms with Crippen LogP contribution < -0.4 is 4.74 Å². The number of ether oxygens (including phenoxy) is 2. The minimum atomic E-state index is -1.45. The molecule has 0 radical (unpaired) electrons. The fourth-order valence-electron chi connectivity index (χ4n) is 4.84. The van der Waals surface area contributed by atoms with Gasteiger partial charge >= 0.3 is 0 Å². The van der Waals surface area contributed by atoms with Crippen LogP contribution in [0, 0.1) is 0 Å². The zero-order valence-electron chi connectivity index (χ0n) is 19.7. The Morgan fingerprint density at radius 3 is 2.19 bits per heavy atom. The third-order valence-electron chi connectivity index (χ3n) is 6.81. The van der Waals surface area contributed by atoms with E-state index in [0.717, 1.165) is 33.3 Å². The number of benzene rings is 3. The maximum absolute atomic E-state index is 10.7. The van der Waals surface area contributed by atoms with E-state index in [1.54, 1.807) is 13.2 Å². The lowest BCUT2D eigenvalue weighted by Crippen LogP contribution is -2.55. The topological polar surface area (TPSA) is 104 Å². The highest BCUT2D eigenvalue weighted by Gasteiger charge is 2.44. The first-order valence-electron chi connectivity index (χ1n) is 11.7. The fourth-order valence-corrected chi connectivity index (χ4v) is 5.12. The molecular weight excluding hydrogens is 482 g/mol. The van der Waals surface area contributed by atoms with Crippen molar-refractivity contribution in [2.24, 2.45) is 0 Å². The Kier molecular flexibility index (Phi) is 7.03. The van der Waals surface area contributed by atoms with Crippen LogP contribution in [0.5, 0.6) is 5.75 Å². The van der Waals surface area contributed by atoms with E-state index < -0.39 is 37.1 Å². The Bertz CT molecular complexity index is 1330. The summed E-state index contributed by atoms with van der Waals surface area (Å²) in [4.78, 5) is 0. The average Bonchev–Trinajstić information content (AvgIpc) is 3.27. The first-order valence-corrected chi connectivity index (χ1v) is 12.1. The lowest BCUT2D eigenvalue weighted by molar-refractivity contribution is -0.231. The van der Waals surface area contributed by atoms with Gasteiger partial charge in [0.15, 0.2) is 0 Å². The predicted octanol–water partition coefficient (Wildman–Crippen LogP) is 3.53. The molecule has 188 valence electrons. The standard InChI is InChI=1S/C28H28ClNO6/c1-35-19-11-9-18(10-12-19)17-7-5-16(6-8-17)13-30-14-21(20-3-2-4-22(29)24(20)30)28-27(34)26(33)25(32)23(15-31)36-28/h2-12,14,23,25-28,31-34H,13,15H2,1H3/t23-,25-,26+,27-,28+/m1/s1. The predicted molar refractivity (Wildman–Crippen MR) is 137 cm³/mol. The average molecular weight is 510 g/mol. The van der Waals surface area contributed by atoms with Crippen LogP contribution in [0.4, 0.5) is 0 Å². The molecule has 1 aromatic heterocycles. The van der Waals surface area contributed by atoms with E-state index in [2.05, 4.69) is 24.3 Å². The maximum Gasteiger partial charge on any atom is 0.118 e. The molecule has 0 spiro atoms. The third-order valence-corrected chi connectivity index (χ3v) is 7.11. The van der Waals surface area contributed by atoms with E-state index in [1.807, 2.05) is 47.2 Å². The molecule has 1 fully saturated rings. The number of hydrogen-bond donors (Lipinski definition) is 4. The molecule has 0 amide bonds. The number of methoxy groups -OCH3 is 1. The van der Waals surface area contributed by atoms with E-state index in [1.165, 1.54) is 0 Å². The summed E-state index contributed by atoms with van der Waals surface area (Å²) < 4.78 is 13.1. The van der Waals surface area contributed by atoms with Crippen LogP contribution in [-0.4, -0.2) is 63.1 Å². The Labute approximate surface area is 213 Å². The molecule has 36 heavy (non-hydrogen) atoms. The summed E-state index contributed by atoms with van der Waals surface area (Å²) in [5, 5.41) is 42.1. The van der Waals surface area contributed by atoms with Gasteiger partial charge in [-0.3, -0.25) is 0 Å². The second kappa shape index (κ2) is 10.2. The van der Waals surface area contributed by atoms with Crippen molar-refractivity contribution in [3.63, 3.8) is 0 Å². The molecule has 4 aromatic rings. The molecule has 1 aliphatic heterocycles. The molecule has 3 aromatic carbocycles. The summed E-state index contributed by atoms with van der Waals surface area (Å²) in [5.74, 6) is 0.807. The molecule has 7 nitrogen and oxygen atoms in total. The van der Waals surface area contributed by atoms with Gasteiger partial charge in [-0.15, -0.1) is 0 Å². The van der Waals surface area contributed by atoms with Crippen LogP contribution in [0.3, 0.4) is 0 Å². The molecule has 5 rings (SSSR count). The first kappa shape index (κ1) is 24.8. The van der Waals surface area contributed by atoms with Crippen LogP contribution in [0.15, 0.2) is 72.9 Å². The molecule has 0 unspecified atom stereocenters. The van der Waals surface area contributed by atoms with Crippen LogP contribution in [0.1, 0.15) is 17.2 Å². The number of nitrogens with zero attached hydrogens (tertiary/aromatic N) is 1. The Morgan fingerprint density at radius 1 is 0.889 bits per heavy atom. The number of hydrogen-bond acceptors (Lipinski definition) is 6. The summed E-state index contributed by atoms with van der Waals surface area (Å²) in [6.07, 6.45) is -4.33. The van der Waals surface area contributed by atoms with Gasteiger partial charge in [-0.2, -0.15) is 0 Å². The summed E-state index contributed by atoms with van der Waals surface area (Å²) in [6.45, 7) is 0.0297. The molecule has 2 heterocycles. The molecular formula is C28H28ClNO6. The number of aliphatic hydroxyl groups excluding tert-OH is 4. The third kappa shape index (κ3) is 4.50. The minimum absolute atomic E-state index is 0.485. The van der Waals surface area contributed by atoms with E-state index in [4.69, 9.17) is 21.1 Å². The van der Waals surface area contributed by atoms with Gasteiger partial charge in [0.25, 0.3) is 0 Å². The van der Waals surface area contributed by atoms with Crippen LogP contribution >= 0.6 is 11.6 Å². The van der Waals surface area contributed by atoms with Crippen LogP contribution in [0.25, 0.3) is 22.0 Å². The fraction of sp³-hybridized carbons (Fsp3) is 0.286. The smallest absolute Gasteiger partial charge is 0.118 e. The molecule has 1 saturated heterocycles. The zero-order valence-corrected chi connectivity index (χ0v) is 20.4. The van der Waals surface area contributed by atoms with Gasteiger partial charge in [-0.05, 0) is 34.9 Å². The number of aromatic nitrogens is 1. The van der Waals surface area contributed by atoms with Crippen LogP contribution in [-0.2, 0) is 11.3 Å². The van der Waals surface area contributed by atoms with E-state index in [9.17, 15) is 20.4 Å². The maximum atomic E-state index is 10.7. The van der Waals surface area contributed by atoms with Gasteiger partial charge in [0.2, 0.25) is 0 Å². The Hall–Kier alpha value is -2.91. The molecule has 4 N–H and O–H groups in total. The molecule has 5 atom stereocenters.